The fraction of sp³-hybridized carbons (Fsp3) is 0. The Morgan fingerprint density at radius 2 is 0.965 bits per heavy atom. The van der Waals surface area contributed by atoms with E-state index >= 15 is 0 Å². The van der Waals surface area contributed by atoms with Crippen molar-refractivity contribution in [2.45, 2.75) is 0 Å². The number of hydrogen-bond acceptors (Lipinski definition) is 4. The first kappa shape index (κ1) is 32.0. The van der Waals surface area contributed by atoms with Crippen molar-refractivity contribution >= 4 is 76.8 Å². The molecule has 12 rings (SSSR count). The highest BCUT2D eigenvalue weighted by molar-refractivity contribution is 7.09. The smallest absolute Gasteiger partial charge is 0.177 e. The molecule has 0 aliphatic carbocycles. The van der Waals surface area contributed by atoms with E-state index < -0.39 is 0 Å². The van der Waals surface area contributed by atoms with Gasteiger partial charge in [-0.1, -0.05) is 115 Å². The van der Waals surface area contributed by atoms with E-state index in [4.69, 9.17) is 13.8 Å². The van der Waals surface area contributed by atoms with Crippen LogP contribution in [-0.2, 0) is 0 Å². The van der Waals surface area contributed by atoms with Gasteiger partial charge in [0.2, 0.25) is 0 Å². The Balaban J connectivity index is 0.969. The van der Waals surface area contributed by atoms with Crippen LogP contribution in [0.2, 0.25) is 0 Å². The van der Waals surface area contributed by atoms with Crippen molar-refractivity contribution in [1.82, 2.24) is 13.9 Å². The first-order valence-electron chi connectivity index (χ1n) is 19.1. The zero-order chi connectivity index (χ0) is 37.5. The maximum atomic E-state index is 6.30. The van der Waals surface area contributed by atoms with Crippen molar-refractivity contribution in [2.75, 3.05) is 0 Å². The number of hydrogen-bond donors (Lipinski definition) is 0. The first-order chi connectivity index (χ1) is 28.2. The molecule has 0 amide bonds. The molecule has 9 aromatic carbocycles. The summed E-state index contributed by atoms with van der Waals surface area (Å²) in [4.78, 5) is 5.02. The Bertz CT molecular complexity index is 3400. The highest BCUT2D eigenvalue weighted by Crippen LogP contribution is 2.40. The second-order valence-corrected chi connectivity index (χ2v) is 15.4. The zero-order valence-electron chi connectivity index (χ0n) is 30.6. The third kappa shape index (κ3) is 5.21. The number of benzene rings is 9. The topological polar surface area (TPSA) is 43.9 Å². The largest absolute Gasteiger partial charge is 0.455 e. The fourth-order valence-electron chi connectivity index (χ4n) is 8.52. The second-order valence-electron chi connectivity index (χ2n) is 14.7. The minimum atomic E-state index is 0.676. The van der Waals surface area contributed by atoms with Crippen molar-refractivity contribution < 1.29 is 4.42 Å². The van der Waals surface area contributed by atoms with Crippen LogP contribution in [0.1, 0.15) is 0 Å². The van der Waals surface area contributed by atoms with Gasteiger partial charge in [0.25, 0.3) is 0 Å². The van der Waals surface area contributed by atoms with Gasteiger partial charge in [-0.2, -0.15) is 4.37 Å². The predicted octanol–water partition coefficient (Wildman–Crippen LogP) is 14.5. The molecule has 0 saturated heterocycles. The summed E-state index contributed by atoms with van der Waals surface area (Å²) in [6.45, 7) is 0. The molecule has 0 saturated carbocycles. The molecule has 0 atom stereocenters. The predicted molar refractivity (Wildman–Crippen MR) is 238 cm³/mol. The van der Waals surface area contributed by atoms with Crippen molar-refractivity contribution in [3.63, 3.8) is 0 Å². The van der Waals surface area contributed by atoms with E-state index in [0.29, 0.717) is 5.82 Å². The van der Waals surface area contributed by atoms with Crippen LogP contribution in [0.3, 0.4) is 0 Å². The molecule has 0 aliphatic rings. The molecule has 4 nitrogen and oxygen atoms in total. The van der Waals surface area contributed by atoms with Crippen LogP contribution in [0.4, 0.5) is 0 Å². The third-order valence-corrected chi connectivity index (χ3v) is 12.1. The van der Waals surface area contributed by atoms with Crippen molar-refractivity contribution in [1.29, 1.82) is 0 Å². The zero-order valence-corrected chi connectivity index (χ0v) is 31.4. The van der Waals surface area contributed by atoms with E-state index in [1.165, 1.54) is 66.1 Å². The number of rotatable bonds is 5. The van der Waals surface area contributed by atoms with Crippen LogP contribution in [0.15, 0.2) is 192 Å². The van der Waals surface area contributed by atoms with Crippen molar-refractivity contribution in [3.8, 4) is 49.9 Å². The van der Waals surface area contributed by atoms with E-state index in [0.717, 1.165) is 54.8 Å². The number of furan rings is 1. The Labute approximate surface area is 331 Å². The average molecular weight is 746 g/mol. The van der Waals surface area contributed by atoms with Gasteiger partial charge in [-0.3, -0.25) is 0 Å². The van der Waals surface area contributed by atoms with Gasteiger partial charge in [-0.05, 0) is 128 Å². The molecule has 0 aliphatic heterocycles. The fourth-order valence-corrected chi connectivity index (χ4v) is 9.21. The number of nitrogens with zero attached hydrogens (tertiary/aromatic N) is 3. The van der Waals surface area contributed by atoms with Gasteiger partial charge in [0.05, 0.1) is 16.6 Å². The first-order valence-corrected chi connectivity index (χ1v) is 19.9. The summed E-state index contributed by atoms with van der Waals surface area (Å²) < 4.78 is 13.5. The normalized spacial score (nSPS) is 11.9. The third-order valence-electron chi connectivity index (χ3n) is 11.4. The quantitative estimate of drug-likeness (QED) is 0.176. The van der Waals surface area contributed by atoms with Gasteiger partial charge in [0.15, 0.2) is 5.82 Å². The Morgan fingerprint density at radius 3 is 1.63 bits per heavy atom. The lowest BCUT2D eigenvalue weighted by Gasteiger charge is -2.10. The summed E-state index contributed by atoms with van der Waals surface area (Å²) in [6, 6.07) is 67.5. The lowest BCUT2D eigenvalue weighted by Crippen LogP contribution is -1.94. The Hall–Kier alpha value is -7.34. The summed E-state index contributed by atoms with van der Waals surface area (Å²) in [5.74, 6) is 0.676. The number of fused-ring (bicyclic) bond motifs is 8. The molecule has 3 heterocycles. The van der Waals surface area contributed by atoms with E-state index in [-0.39, 0.29) is 0 Å². The maximum absolute atomic E-state index is 6.30. The summed E-state index contributed by atoms with van der Waals surface area (Å²) in [6.07, 6.45) is 0. The lowest BCUT2D eigenvalue weighted by atomic mass is 9.98. The van der Waals surface area contributed by atoms with Gasteiger partial charge in [0, 0.05) is 32.8 Å². The van der Waals surface area contributed by atoms with Crippen LogP contribution in [-0.4, -0.2) is 13.9 Å². The molecule has 3 aromatic heterocycles. The SMILES string of the molecule is c1ccc2cc(-c3ccc4c(c3)c3cc(-c5ccc6ccccc6c5)ccc3n4-c3ccc(-c4nc(-c5cccc6c5oc5ccccc56)ns4)cc3)ccc2c1. The summed E-state index contributed by atoms with van der Waals surface area (Å²) in [7, 11) is 0. The van der Waals surface area contributed by atoms with Crippen molar-refractivity contribution in [3.05, 3.63) is 188 Å². The summed E-state index contributed by atoms with van der Waals surface area (Å²) in [5.41, 5.74) is 11.8. The average Bonchev–Trinajstić information content (AvgIpc) is 4.00. The Morgan fingerprint density at radius 1 is 0.421 bits per heavy atom. The molecule has 0 fully saturated rings. The van der Waals surface area contributed by atoms with Crippen LogP contribution >= 0.6 is 11.5 Å². The molecule has 5 heteroatoms. The van der Waals surface area contributed by atoms with Crippen LogP contribution in [0, 0.1) is 0 Å². The van der Waals surface area contributed by atoms with E-state index in [2.05, 4.69) is 168 Å². The molecule has 12 aromatic rings. The highest BCUT2D eigenvalue weighted by Gasteiger charge is 2.18. The molecule has 266 valence electrons. The Kier molecular flexibility index (Phi) is 7.06. The standard InChI is InChI=1S/C52H31N3OS/c1-3-10-35-28-37(18-16-32(35)8-1)39-22-26-47-45(30-39)46-31-40(38-19-17-33-9-2-4-11-36(33)29-38)23-27-48(46)55(47)41-24-20-34(21-25-41)52-53-51(54-57-52)44-14-7-13-43-42-12-5-6-15-49(42)56-50(43)44/h1-31H. The minimum Gasteiger partial charge on any atom is -0.455 e. The molecule has 0 unspecified atom stereocenters. The van der Waals surface area contributed by atoms with Crippen LogP contribution in [0.25, 0.3) is 115 Å². The van der Waals surface area contributed by atoms with Crippen LogP contribution < -0.4 is 0 Å². The molecule has 0 radical (unpaired) electrons. The van der Waals surface area contributed by atoms with Gasteiger partial charge in [-0.25, -0.2) is 4.98 Å². The second kappa shape index (κ2) is 12.6. The highest BCUT2D eigenvalue weighted by atomic mass is 32.1. The minimum absolute atomic E-state index is 0.676. The van der Waals surface area contributed by atoms with E-state index in [9.17, 15) is 0 Å². The van der Waals surface area contributed by atoms with Gasteiger partial charge in [0.1, 0.15) is 16.2 Å². The van der Waals surface area contributed by atoms with E-state index in [1.807, 2.05) is 24.3 Å². The molecule has 57 heavy (non-hydrogen) atoms. The van der Waals surface area contributed by atoms with E-state index in [1.54, 1.807) is 0 Å². The number of aromatic nitrogens is 3. The number of para-hydroxylation sites is 2. The van der Waals surface area contributed by atoms with Gasteiger partial charge in [-0.15, -0.1) is 0 Å². The van der Waals surface area contributed by atoms with Crippen LogP contribution in [0.5, 0.6) is 0 Å². The molecule has 0 spiro atoms. The summed E-state index contributed by atoms with van der Waals surface area (Å²) in [5, 5.41) is 10.4. The monoisotopic (exact) mass is 745 g/mol. The van der Waals surface area contributed by atoms with Gasteiger partial charge >= 0.3 is 0 Å². The molecule has 0 N–H and O–H groups in total. The maximum Gasteiger partial charge on any atom is 0.177 e. The summed E-state index contributed by atoms with van der Waals surface area (Å²) >= 11 is 1.41. The molecular formula is C52H31N3OS. The molecular weight excluding hydrogens is 715 g/mol. The van der Waals surface area contributed by atoms with Crippen molar-refractivity contribution in [2.24, 2.45) is 0 Å². The van der Waals surface area contributed by atoms with Gasteiger partial charge < -0.3 is 8.98 Å². The molecule has 0 bridgehead atoms. The lowest BCUT2D eigenvalue weighted by molar-refractivity contribution is 0.669.